The van der Waals surface area contributed by atoms with E-state index in [9.17, 15) is 14.4 Å². The molecule has 0 fully saturated rings. The number of Topliss-reactive ketones (excluding diaryl/α,β-unsaturated/α-hetero) is 1. The van der Waals surface area contributed by atoms with Crippen LogP contribution in [0.5, 0.6) is 11.5 Å². The van der Waals surface area contributed by atoms with Crippen molar-refractivity contribution < 1.29 is 28.6 Å². The van der Waals surface area contributed by atoms with Gasteiger partial charge in [-0.15, -0.1) is 0 Å². The van der Waals surface area contributed by atoms with Gasteiger partial charge in [-0.2, -0.15) is 0 Å². The van der Waals surface area contributed by atoms with Crippen LogP contribution in [0.15, 0.2) is 42.5 Å². The van der Waals surface area contributed by atoms with Gasteiger partial charge in [-0.3, -0.25) is 9.59 Å². The number of unbranched alkanes of at least 4 members (excludes halogenated alkanes) is 2. The van der Waals surface area contributed by atoms with Crippen LogP contribution in [0, 0.1) is 0 Å². The summed E-state index contributed by atoms with van der Waals surface area (Å²) >= 11 is 0. The van der Waals surface area contributed by atoms with Crippen LogP contribution in [0.4, 0.5) is 5.69 Å². The number of fused-ring (bicyclic) bond motifs is 1. The minimum absolute atomic E-state index is 0.0455. The van der Waals surface area contributed by atoms with Gasteiger partial charge in [-0.25, -0.2) is 4.79 Å². The van der Waals surface area contributed by atoms with Crippen molar-refractivity contribution in [1.29, 1.82) is 0 Å². The van der Waals surface area contributed by atoms with Gasteiger partial charge in [0, 0.05) is 17.7 Å². The highest BCUT2D eigenvalue weighted by Crippen LogP contribution is 2.30. The molecule has 0 radical (unpaired) electrons. The van der Waals surface area contributed by atoms with Crippen molar-refractivity contribution in [3.63, 3.8) is 0 Å². The van der Waals surface area contributed by atoms with Gasteiger partial charge in [0.05, 0.1) is 5.56 Å². The summed E-state index contributed by atoms with van der Waals surface area (Å²) in [4.78, 5) is 36.4. The smallest absolute Gasteiger partial charge is 0.338 e. The number of ether oxygens (including phenoxy) is 3. The molecule has 7 nitrogen and oxygen atoms in total. The summed E-state index contributed by atoms with van der Waals surface area (Å²) in [5.74, 6) is 0.0645. The minimum atomic E-state index is -0.615. The summed E-state index contributed by atoms with van der Waals surface area (Å²) in [6.45, 7) is 2.59. The van der Waals surface area contributed by atoms with Crippen molar-refractivity contribution in [3.8, 4) is 11.5 Å². The van der Waals surface area contributed by atoms with Crippen molar-refractivity contribution in [1.82, 2.24) is 0 Å². The Kier molecular flexibility index (Phi) is 7.43. The molecule has 0 aliphatic carbocycles. The number of hydrogen-bond acceptors (Lipinski definition) is 6. The third kappa shape index (κ3) is 5.83. The average Bonchev–Trinajstić information content (AvgIpc) is 2.77. The van der Waals surface area contributed by atoms with Crippen LogP contribution < -0.4 is 14.8 Å². The Morgan fingerprint density at radius 3 is 2.37 bits per heavy atom. The van der Waals surface area contributed by atoms with E-state index < -0.39 is 5.97 Å². The fraction of sp³-hybridized carbons (Fsp3) is 0.348. The number of hydrogen-bond donors (Lipinski definition) is 1. The summed E-state index contributed by atoms with van der Waals surface area (Å²) in [6.07, 6.45) is 3.41. The number of benzene rings is 2. The van der Waals surface area contributed by atoms with Gasteiger partial charge in [0.2, 0.25) is 5.91 Å². The second-order valence-corrected chi connectivity index (χ2v) is 6.94. The number of carbonyl (C=O) groups is 3. The van der Waals surface area contributed by atoms with Gasteiger partial charge in [-0.05, 0) is 48.9 Å². The van der Waals surface area contributed by atoms with Crippen LogP contribution in [0.1, 0.15) is 53.3 Å². The topological polar surface area (TPSA) is 90.9 Å². The van der Waals surface area contributed by atoms with E-state index in [2.05, 4.69) is 12.2 Å². The molecule has 1 amide bonds. The highest BCUT2D eigenvalue weighted by Gasteiger charge is 2.17. The number of carbonyl (C=O) groups excluding carboxylic acids is 3. The molecule has 0 bridgehead atoms. The van der Waals surface area contributed by atoms with E-state index >= 15 is 0 Å². The third-order valence-electron chi connectivity index (χ3n) is 4.61. The molecule has 0 unspecified atom stereocenters. The van der Waals surface area contributed by atoms with Crippen molar-refractivity contribution in [3.05, 3.63) is 53.6 Å². The van der Waals surface area contributed by atoms with Gasteiger partial charge in [0.25, 0.3) is 0 Å². The van der Waals surface area contributed by atoms with E-state index in [-0.39, 0.29) is 23.9 Å². The molecule has 0 aromatic heterocycles. The first-order valence-corrected chi connectivity index (χ1v) is 10.1. The van der Waals surface area contributed by atoms with E-state index in [4.69, 9.17) is 14.2 Å². The molecule has 1 heterocycles. The molecule has 30 heavy (non-hydrogen) atoms. The van der Waals surface area contributed by atoms with Crippen LogP contribution in [-0.2, 0) is 9.53 Å². The lowest BCUT2D eigenvalue weighted by Crippen LogP contribution is -2.17. The number of amides is 1. The third-order valence-corrected chi connectivity index (χ3v) is 4.61. The highest BCUT2D eigenvalue weighted by atomic mass is 16.6. The first kappa shape index (κ1) is 21.4. The second kappa shape index (κ2) is 10.4. The Morgan fingerprint density at radius 1 is 0.933 bits per heavy atom. The van der Waals surface area contributed by atoms with Crippen LogP contribution in [0.3, 0.4) is 0 Å². The van der Waals surface area contributed by atoms with Gasteiger partial charge in [-0.1, -0.05) is 19.8 Å². The maximum Gasteiger partial charge on any atom is 0.338 e. The van der Waals surface area contributed by atoms with E-state index in [0.717, 1.165) is 19.3 Å². The first-order valence-electron chi connectivity index (χ1n) is 10.1. The molecule has 7 heteroatoms. The van der Waals surface area contributed by atoms with Gasteiger partial charge in [0.1, 0.15) is 13.2 Å². The van der Waals surface area contributed by atoms with E-state index in [1.807, 2.05) is 0 Å². The number of esters is 1. The van der Waals surface area contributed by atoms with E-state index in [1.165, 1.54) is 0 Å². The maximum atomic E-state index is 12.3. The van der Waals surface area contributed by atoms with Crippen molar-refractivity contribution in [2.24, 2.45) is 0 Å². The second-order valence-electron chi connectivity index (χ2n) is 6.94. The van der Waals surface area contributed by atoms with Crippen molar-refractivity contribution in [2.45, 2.75) is 32.6 Å². The highest BCUT2D eigenvalue weighted by molar-refractivity contribution is 6.00. The van der Waals surface area contributed by atoms with Crippen LogP contribution in [0.2, 0.25) is 0 Å². The maximum absolute atomic E-state index is 12.3. The molecule has 1 N–H and O–H groups in total. The summed E-state index contributed by atoms with van der Waals surface area (Å²) in [7, 11) is 0. The summed E-state index contributed by atoms with van der Waals surface area (Å²) in [6, 6.07) is 11.3. The zero-order chi connectivity index (χ0) is 21.3. The molecule has 0 atom stereocenters. The lowest BCUT2D eigenvalue weighted by atomic mass is 10.1. The Hall–Kier alpha value is -3.35. The zero-order valence-electron chi connectivity index (χ0n) is 16.9. The Labute approximate surface area is 175 Å². The zero-order valence-corrected chi connectivity index (χ0v) is 16.9. The standard InChI is InChI=1S/C23H25NO6/c1-2-3-4-5-22(26)24-18-9-6-16(7-10-18)19(25)15-30-23(27)17-8-11-20-21(14-17)29-13-12-28-20/h6-11,14H,2-5,12-13,15H2,1H3,(H,24,26). The Morgan fingerprint density at radius 2 is 1.63 bits per heavy atom. The number of anilines is 1. The molecule has 0 saturated heterocycles. The van der Waals surface area contributed by atoms with Crippen molar-refractivity contribution >= 4 is 23.3 Å². The molecular formula is C23H25NO6. The molecule has 1 aliphatic rings. The molecule has 158 valence electrons. The largest absolute Gasteiger partial charge is 0.486 e. The monoisotopic (exact) mass is 411 g/mol. The summed E-state index contributed by atoms with van der Waals surface area (Å²) < 4.78 is 16.0. The van der Waals surface area contributed by atoms with Crippen LogP contribution in [0.25, 0.3) is 0 Å². The van der Waals surface area contributed by atoms with Gasteiger partial charge in [0.15, 0.2) is 23.9 Å². The predicted molar refractivity (Wildman–Crippen MR) is 111 cm³/mol. The molecular weight excluding hydrogens is 386 g/mol. The van der Waals surface area contributed by atoms with E-state index in [1.54, 1.807) is 42.5 Å². The van der Waals surface area contributed by atoms with Gasteiger partial charge < -0.3 is 19.5 Å². The molecule has 0 saturated carbocycles. The normalized spacial score (nSPS) is 12.2. The first-order chi connectivity index (χ1) is 14.6. The fourth-order valence-corrected chi connectivity index (χ4v) is 2.97. The number of ketones is 1. The number of rotatable bonds is 9. The SMILES string of the molecule is CCCCCC(=O)Nc1ccc(C(=O)COC(=O)c2ccc3c(c2)OCCO3)cc1. The summed E-state index contributed by atoms with van der Waals surface area (Å²) in [5.41, 5.74) is 1.31. The average molecular weight is 411 g/mol. The lowest BCUT2D eigenvalue weighted by Gasteiger charge is -2.18. The molecule has 1 aliphatic heterocycles. The molecule has 2 aromatic carbocycles. The quantitative estimate of drug-likeness (QED) is 0.381. The minimum Gasteiger partial charge on any atom is -0.486 e. The summed E-state index contributed by atoms with van der Waals surface area (Å²) in [5, 5.41) is 2.81. The Balaban J connectivity index is 1.50. The van der Waals surface area contributed by atoms with Crippen molar-refractivity contribution in [2.75, 3.05) is 25.1 Å². The molecule has 3 rings (SSSR count). The Bertz CT molecular complexity index is 906. The van der Waals surface area contributed by atoms with Gasteiger partial charge >= 0.3 is 5.97 Å². The van der Waals surface area contributed by atoms with Crippen LogP contribution >= 0.6 is 0 Å². The van der Waals surface area contributed by atoms with Crippen LogP contribution in [-0.4, -0.2) is 37.5 Å². The fourth-order valence-electron chi connectivity index (χ4n) is 2.97. The molecule has 2 aromatic rings. The number of nitrogens with one attached hydrogen (secondary N) is 1. The molecule has 0 spiro atoms. The predicted octanol–water partition coefficient (Wildman–Crippen LogP) is 4.02. The lowest BCUT2D eigenvalue weighted by molar-refractivity contribution is -0.116. The van der Waals surface area contributed by atoms with E-state index in [0.29, 0.717) is 42.4 Å².